The van der Waals surface area contributed by atoms with Crippen LogP contribution in [0.15, 0.2) is 209 Å². The van der Waals surface area contributed by atoms with Crippen LogP contribution in [0.3, 0.4) is 0 Å². The van der Waals surface area contributed by atoms with E-state index in [2.05, 4.69) is 42.5 Å². The molecule has 0 aliphatic heterocycles. The lowest BCUT2D eigenvalue weighted by atomic mass is 9.97. The first-order valence-electron chi connectivity index (χ1n) is 20.4. The van der Waals surface area contributed by atoms with Crippen LogP contribution in [0.1, 0.15) is 5.48 Å². The van der Waals surface area contributed by atoms with Gasteiger partial charge in [0.2, 0.25) is 0 Å². The molecule has 0 fully saturated rings. The van der Waals surface area contributed by atoms with Gasteiger partial charge in [-0.05, 0) is 76.1 Å². The van der Waals surface area contributed by atoms with Crippen molar-refractivity contribution >= 4 is 71.7 Å². The second kappa shape index (κ2) is 12.6. The number of hydrogen-bond donors (Lipinski definition) is 0. The number of fused-ring (bicyclic) bond motifs is 8. The molecule has 0 saturated carbocycles. The van der Waals surface area contributed by atoms with Crippen LogP contribution in [0.4, 0.5) is 17.1 Å². The molecule has 0 N–H and O–H groups in total. The lowest BCUT2D eigenvalue weighted by Crippen LogP contribution is -2.11. The quantitative estimate of drug-likeness (QED) is 0.172. The summed E-state index contributed by atoms with van der Waals surface area (Å²) in [5, 5.41) is 6.18. The van der Waals surface area contributed by atoms with E-state index in [0.717, 1.165) is 76.9 Å². The van der Waals surface area contributed by atoms with Gasteiger partial charge in [-0.15, -0.1) is 0 Å². The van der Waals surface area contributed by atoms with Crippen molar-refractivity contribution in [2.24, 2.45) is 0 Å². The summed E-state index contributed by atoms with van der Waals surface area (Å²) < 4.78 is 50.8. The second-order valence-corrected chi connectivity index (χ2v) is 13.7. The van der Waals surface area contributed by atoms with Crippen molar-refractivity contribution in [1.82, 2.24) is 0 Å². The summed E-state index contributed by atoms with van der Waals surface area (Å²) >= 11 is 0. The molecule has 0 aliphatic rings. The topological polar surface area (TPSA) is 29.5 Å². The first-order chi connectivity index (χ1) is 29.0. The fraction of sp³-hybridized carbons (Fsp3) is 0. The summed E-state index contributed by atoms with van der Waals surface area (Å²) in [4.78, 5) is 1.86. The zero-order valence-corrected chi connectivity index (χ0v) is 29.5. The third-order valence-electron chi connectivity index (χ3n) is 10.6. The number of nitrogens with zero attached hydrogens (tertiary/aromatic N) is 1. The molecule has 0 atom stereocenters. The summed E-state index contributed by atoms with van der Waals surface area (Å²) in [6, 6.07) is 57.3. The maximum Gasteiger partial charge on any atom is 0.143 e. The summed E-state index contributed by atoms with van der Waals surface area (Å²) in [5.41, 5.74) is 9.17. The van der Waals surface area contributed by atoms with E-state index in [1.54, 1.807) is 0 Å². The highest BCUT2D eigenvalue weighted by Gasteiger charge is 2.21. The summed E-state index contributed by atoms with van der Waals surface area (Å²) in [6.07, 6.45) is 0. The van der Waals surface area contributed by atoms with E-state index in [9.17, 15) is 5.48 Å². The van der Waals surface area contributed by atoms with E-state index < -0.39 is 0 Å². The van der Waals surface area contributed by atoms with Crippen molar-refractivity contribution in [2.75, 3.05) is 4.90 Å². The molecule has 0 bridgehead atoms. The van der Waals surface area contributed by atoms with Gasteiger partial charge in [-0.2, -0.15) is 0 Å². The van der Waals surface area contributed by atoms with Crippen LogP contribution in [0, 0.1) is 0 Å². The molecule has 2 heterocycles. The molecule has 11 rings (SSSR count). The predicted octanol–water partition coefficient (Wildman–Crippen LogP) is 15.1. The predicted molar refractivity (Wildman–Crippen MR) is 229 cm³/mol. The first kappa shape index (κ1) is 27.3. The van der Waals surface area contributed by atoms with Crippen LogP contribution in [0.2, 0.25) is 0 Å². The maximum absolute atomic E-state index is 9.57. The Morgan fingerprint density at radius 2 is 1.02 bits per heavy atom. The fourth-order valence-corrected chi connectivity index (χ4v) is 8.00. The molecular weight excluding hydrogens is 671 g/mol. The number of furan rings is 2. The average molecular weight is 708 g/mol. The molecule has 3 nitrogen and oxygen atoms in total. The van der Waals surface area contributed by atoms with Crippen molar-refractivity contribution in [3.8, 4) is 33.4 Å². The number of hydrogen-bond acceptors (Lipinski definition) is 3. The van der Waals surface area contributed by atoms with E-state index in [0.29, 0.717) is 16.9 Å². The van der Waals surface area contributed by atoms with Crippen molar-refractivity contribution < 1.29 is 14.3 Å². The minimum Gasteiger partial charge on any atom is -0.456 e. The molecule has 3 heteroatoms. The molecule has 2 aromatic heterocycles. The van der Waals surface area contributed by atoms with E-state index in [4.69, 9.17) is 8.83 Å². The van der Waals surface area contributed by atoms with Crippen molar-refractivity contribution in [2.45, 2.75) is 0 Å². The Morgan fingerprint density at radius 3 is 1.89 bits per heavy atom. The van der Waals surface area contributed by atoms with Gasteiger partial charge < -0.3 is 13.7 Å². The van der Waals surface area contributed by atoms with Crippen LogP contribution in [0.25, 0.3) is 88.0 Å². The normalized spacial score (nSPS) is 12.7. The minimum absolute atomic E-state index is 0.115. The maximum atomic E-state index is 9.57. The lowest BCUT2D eigenvalue weighted by Gasteiger charge is -2.28. The standard InChI is InChI=1S/C52H33NO2/c1-2-12-34(13-3-1)35-24-29-38(30-25-35)53(39-31-26-37(27-32-39)40-18-11-23-49-50(40)46-17-7-9-22-48(46)54-49)47-21-8-6-16-42(47)43-19-10-20-44-45-33-28-36-14-4-5-15-41(36)51(45)55-52(43)44/h1-33H/i24D,25D,29D,30D. The molecular formula is C52H33NO2. The highest BCUT2D eigenvalue weighted by Crippen LogP contribution is 2.46. The van der Waals surface area contributed by atoms with Gasteiger partial charge in [-0.1, -0.05) is 152 Å². The summed E-state index contributed by atoms with van der Waals surface area (Å²) in [7, 11) is 0. The Hall–Kier alpha value is -7.36. The monoisotopic (exact) mass is 707 g/mol. The molecule has 0 radical (unpaired) electrons. The van der Waals surface area contributed by atoms with Gasteiger partial charge in [-0.3, -0.25) is 0 Å². The summed E-state index contributed by atoms with van der Waals surface area (Å²) in [5.74, 6) is 0. The third kappa shape index (κ3) is 5.13. The Labute approximate surface area is 323 Å². The summed E-state index contributed by atoms with van der Waals surface area (Å²) in [6.45, 7) is 0. The molecule has 9 aromatic carbocycles. The van der Waals surface area contributed by atoms with Crippen LogP contribution < -0.4 is 4.90 Å². The number of anilines is 3. The SMILES string of the molecule is [2H]c1c([2H])c(N(c2ccc(-c3cccc4oc5ccccc5c34)cc2)c2ccccc2-c2cccc3c2oc2c4ccccc4ccc32)c([2H])c([2H])c1-c1ccccc1. The van der Waals surface area contributed by atoms with Crippen molar-refractivity contribution in [3.63, 3.8) is 0 Å². The highest BCUT2D eigenvalue weighted by molar-refractivity contribution is 6.18. The Morgan fingerprint density at radius 1 is 0.364 bits per heavy atom. The first-order valence-corrected chi connectivity index (χ1v) is 18.4. The highest BCUT2D eigenvalue weighted by atomic mass is 16.3. The number of rotatable bonds is 6. The van der Waals surface area contributed by atoms with Gasteiger partial charge in [-0.25, -0.2) is 0 Å². The molecule has 0 amide bonds. The molecule has 11 aromatic rings. The van der Waals surface area contributed by atoms with Crippen LogP contribution >= 0.6 is 0 Å². The Balaban J connectivity index is 1.15. The molecule has 0 saturated heterocycles. The van der Waals surface area contributed by atoms with Gasteiger partial charge in [0.05, 0.1) is 11.2 Å². The van der Waals surface area contributed by atoms with Crippen LogP contribution in [0.5, 0.6) is 0 Å². The zero-order chi connectivity index (χ0) is 39.8. The molecule has 0 spiro atoms. The number of para-hydroxylation sites is 3. The molecule has 258 valence electrons. The molecule has 55 heavy (non-hydrogen) atoms. The van der Waals surface area contributed by atoms with Gasteiger partial charge in [0.15, 0.2) is 0 Å². The minimum atomic E-state index is -0.146. The largest absolute Gasteiger partial charge is 0.456 e. The average Bonchev–Trinajstić information content (AvgIpc) is 3.87. The second-order valence-electron chi connectivity index (χ2n) is 13.7. The van der Waals surface area contributed by atoms with Gasteiger partial charge >= 0.3 is 0 Å². The number of benzene rings is 9. The van der Waals surface area contributed by atoms with E-state index in [1.807, 2.05) is 138 Å². The van der Waals surface area contributed by atoms with Gasteiger partial charge in [0.1, 0.15) is 22.3 Å². The fourth-order valence-electron chi connectivity index (χ4n) is 8.00. The van der Waals surface area contributed by atoms with Gasteiger partial charge in [0, 0.05) is 49.4 Å². The third-order valence-corrected chi connectivity index (χ3v) is 10.6. The smallest absolute Gasteiger partial charge is 0.143 e. The van der Waals surface area contributed by atoms with Gasteiger partial charge in [0.25, 0.3) is 0 Å². The zero-order valence-electron chi connectivity index (χ0n) is 33.5. The molecule has 0 aliphatic carbocycles. The van der Waals surface area contributed by atoms with Crippen LogP contribution in [-0.4, -0.2) is 0 Å². The molecule has 0 unspecified atom stereocenters. The van der Waals surface area contributed by atoms with Crippen molar-refractivity contribution in [1.29, 1.82) is 0 Å². The van der Waals surface area contributed by atoms with Crippen molar-refractivity contribution in [3.05, 3.63) is 200 Å². The Bertz CT molecular complexity index is 3410. The van der Waals surface area contributed by atoms with E-state index in [-0.39, 0.29) is 35.4 Å². The lowest BCUT2D eigenvalue weighted by molar-refractivity contribution is 0.669. The van der Waals surface area contributed by atoms with E-state index >= 15 is 0 Å². The van der Waals surface area contributed by atoms with E-state index in [1.165, 1.54) is 0 Å². The van der Waals surface area contributed by atoms with Crippen LogP contribution in [-0.2, 0) is 0 Å². The Kier molecular flexibility index (Phi) is 6.27.